The molecule has 1 heterocycles. The maximum absolute atomic E-state index is 12.5. The maximum atomic E-state index is 12.5. The Balaban J connectivity index is 2.55. The second-order valence-corrected chi connectivity index (χ2v) is 6.30. The highest BCUT2D eigenvalue weighted by molar-refractivity contribution is 9.10. The molecular formula is C14H12BrClO2S. The largest absolute Gasteiger partial charge is 0.496 e. The Kier molecular flexibility index (Phi) is 4.33. The smallest absolute Gasteiger partial charge is 0.208 e. The second kappa shape index (κ2) is 5.65. The number of benzene rings is 1. The molecule has 0 atom stereocenters. The molecule has 0 saturated heterocycles. The summed E-state index contributed by atoms with van der Waals surface area (Å²) in [5.74, 6) is 0.452. The number of thiophene rings is 1. The molecule has 0 aliphatic carbocycles. The van der Waals surface area contributed by atoms with Crippen LogP contribution < -0.4 is 4.74 Å². The highest BCUT2D eigenvalue weighted by Gasteiger charge is 2.21. The minimum atomic E-state index is -0.111. The van der Waals surface area contributed by atoms with E-state index in [9.17, 15) is 4.79 Å². The fourth-order valence-electron chi connectivity index (χ4n) is 1.71. The van der Waals surface area contributed by atoms with Gasteiger partial charge in [0.25, 0.3) is 0 Å². The van der Waals surface area contributed by atoms with E-state index < -0.39 is 0 Å². The van der Waals surface area contributed by atoms with Gasteiger partial charge in [0.15, 0.2) is 0 Å². The van der Waals surface area contributed by atoms with Crippen molar-refractivity contribution in [3.63, 3.8) is 0 Å². The van der Waals surface area contributed by atoms with Crippen LogP contribution in [0.3, 0.4) is 0 Å². The van der Waals surface area contributed by atoms with Gasteiger partial charge in [0.1, 0.15) is 5.75 Å². The zero-order valence-electron chi connectivity index (χ0n) is 10.7. The molecule has 19 heavy (non-hydrogen) atoms. The van der Waals surface area contributed by atoms with Crippen LogP contribution in [0.1, 0.15) is 26.4 Å². The van der Waals surface area contributed by atoms with Crippen LogP contribution in [0.15, 0.2) is 22.0 Å². The molecule has 5 heteroatoms. The van der Waals surface area contributed by atoms with Crippen molar-refractivity contribution in [3.8, 4) is 5.75 Å². The third-order valence-electron chi connectivity index (χ3n) is 2.83. The first kappa shape index (κ1) is 14.6. The van der Waals surface area contributed by atoms with Crippen molar-refractivity contribution in [3.05, 3.63) is 48.6 Å². The Labute approximate surface area is 129 Å². The predicted molar refractivity (Wildman–Crippen MR) is 82.9 cm³/mol. The molecule has 2 aromatic rings. The summed E-state index contributed by atoms with van der Waals surface area (Å²) in [6.07, 6.45) is 0. The lowest BCUT2D eigenvalue weighted by Crippen LogP contribution is -2.03. The standard InChI is InChI=1S/C14H12BrClO2S/c1-7-4-11(18-3)9(5-10(7)15)13(17)14-12(16)8(2)6-19-14/h4-6H,1-3H3. The molecule has 100 valence electrons. The zero-order valence-corrected chi connectivity index (χ0v) is 13.9. The first-order chi connectivity index (χ1) is 8.95. The van der Waals surface area contributed by atoms with Gasteiger partial charge in [-0.1, -0.05) is 27.5 Å². The normalized spacial score (nSPS) is 10.6. The van der Waals surface area contributed by atoms with E-state index in [4.69, 9.17) is 16.3 Å². The SMILES string of the molecule is COc1cc(C)c(Br)cc1C(=O)c1scc(C)c1Cl. The minimum Gasteiger partial charge on any atom is -0.496 e. The number of carbonyl (C=O) groups excluding carboxylic acids is 1. The molecule has 0 amide bonds. The van der Waals surface area contributed by atoms with Crippen LogP contribution in [0.25, 0.3) is 0 Å². The Morgan fingerprint density at radius 1 is 1.32 bits per heavy atom. The number of hydrogen-bond acceptors (Lipinski definition) is 3. The molecule has 0 bridgehead atoms. The van der Waals surface area contributed by atoms with Crippen LogP contribution in [0.4, 0.5) is 0 Å². The van der Waals surface area contributed by atoms with Gasteiger partial charge in [-0.3, -0.25) is 4.79 Å². The number of ketones is 1. The zero-order chi connectivity index (χ0) is 14.2. The maximum Gasteiger partial charge on any atom is 0.208 e. The molecular weight excluding hydrogens is 348 g/mol. The summed E-state index contributed by atoms with van der Waals surface area (Å²) in [6.45, 7) is 3.83. The van der Waals surface area contributed by atoms with E-state index in [2.05, 4.69) is 15.9 Å². The molecule has 2 nitrogen and oxygen atoms in total. The van der Waals surface area contributed by atoms with Gasteiger partial charge < -0.3 is 4.74 Å². The molecule has 2 rings (SSSR count). The van der Waals surface area contributed by atoms with E-state index in [1.165, 1.54) is 11.3 Å². The average Bonchev–Trinajstić information content (AvgIpc) is 2.72. The van der Waals surface area contributed by atoms with Crippen LogP contribution in [0.5, 0.6) is 5.75 Å². The molecule has 0 unspecified atom stereocenters. The number of methoxy groups -OCH3 is 1. The highest BCUT2D eigenvalue weighted by atomic mass is 79.9. The van der Waals surface area contributed by atoms with Gasteiger partial charge in [-0.25, -0.2) is 0 Å². The topological polar surface area (TPSA) is 26.3 Å². The van der Waals surface area contributed by atoms with Crippen LogP contribution >= 0.6 is 38.9 Å². The summed E-state index contributed by atoms with van der Waals surface area (Å²) >= 11 is 10.9. The van der Waals surface area contributed by atoms with Crippen LogP contribution in [-0.2, 0) is 0 Å². The van der Waals surface area contributed by atoms with E-state index in [1.54, 1.807) is 13.2 Å². The van der Waals surface area contributed by atoms with Crippen molar-refractivity contribution in [2.45, 2.75) is 13.8 Å². The molecule has 0 spiro atoms. The lowest BCUT2D eigenvalue weighted by Gasteiger charge is -2.10. The third kappa shape index (κ3) is 2.71. The average molecular weight is 360 g/mol. The Morgan fingerprint density at radius 3 is 2.53 bits per heavy atom. The number of ether oxygens (including phenoxy) is 1. The van der Waals surface area contributed by atoms with Crippen LogP contribution in [-0.4, -0.2) is 12.9 Å². The molecule has 0 radical (unpaired) electrons. The lowest BCUT2D eigenvalue weighted by molar-refractivity contribution is 0.103. The van der Waals surface area contributed by atoms with E-state index in [0.717, 1.165) is 15.6 Å². The summed E-state index contributed by atoms with van der Waals surface area (Å²) in [5, 5.41) is 2.40. The van der Waals surface area contributed by atoms with E-state index in [1.807, 2.05) is 25.3 Å². The van der Waals surface area contributed by atoms with Crippen molar-refractivity contribution >= 4 is 44.7 Å². The predicted octanol–water partition coefficient (Wildman–Crippen LogP) is 5.02. The lowest BCUT2D eigenvalue weighted by atomic mass is 10.1. The number of aryl methyl sites for hydroxylation is 2. The second-order valence-electron chi connectivity index (χ2n) is 4.19. The number of hydrogen-bond donors (Lipinski definition) is 0. The summed E-state index contributed by atoms with van der Waals surface area (Å²) in [4.78, 5) is 13.1. The first-order valence-corrected chi connectivity index (χ1v) is 7.63. The number of rotatable bonds is 3. The Morgan fingerprint density at radius 2 is 2.00 bits per heavy atom. The number of halogens is 2. The van der Waals surface area contributed by atoms with Gasteiger partial charge in [-0.15, -0.1) is 11.3 Å². The summed E-state index contributed by atoms with van der Waals surface area (Å²) in [7, 11) is 1.56. The van der Waals surface area contributed by atoms with Gasteiger partial charge in [-0.05, 0) is 42.5 Å². The van der Waals surface area contributed by atoms with E-state index >= 15 is 0 Å². The summed E-state index contributed by atoms with van der Waals surface area (Å²) in [5.41, 5.74) is 2.45. The van der Waals surface area contributed by atoms with Crippen molar-refractivity contribution in [1.82, 2.24) is 0 Å². The van der Waals surface area contributed by atoms with Crippen molar-refractivity contribution in [2.75, 3.05) is 7.11 Å². The van der Waals surface area contributed by atoms with Crippen LogP contribution in [0.2, 0.25) is 5.02 Å². The first-order valence-electron chi connectivity index (χ1n) is 5.58. The van der Waals surface area contributed by atoms with Crippen molar-refractivity contribution in [1.29, 1.82) is 0 Å². The molecule has 0 N–H and O–H groups in total. The van der Waals surface area contributed by atoms with E-state index in [-0.39, 0.29) is 5.78 Å². The molecule has 1 aromatic carbocycles. The Bertz CT molecular complexity index is 649. The molecule has 1 aromatic heterocycles. The highest BCUT2D eigenvalue weighted by Crippen LogP contribution is 2.34. The van der Waals surface area contributed by atoms with Gasteiger partial charge >= 0.3 is 0 Å². The quantitative estimate of drug-likeness (QED) is 0.719. The third-order valence-corrected chi connectivity index (χ3v) is 5.38. The monoisotopic (exact) mass is 358 g/mol. The van der Waals surface area contributed by atoms with Gasteiger partial charge in [0.05, 0.1) is 22.6 Å². The molecule has 0 saturated carbocycles. The Hall–Kier alpha value is -0.840. The fourth-order valence-corrected chi connectivity index (χ4v) is 3.28. The van der Waals surface area contributed by atoms with Gasteiger partial charge in [0.2, 0.25) is 5.78 Å². The van der Waals surface area contributed by atoms with Crippen molar-refractivity contribution < 1.29 is 9.53 Å². The molecule has 0 aliphatic rings. The summed E-state index contributed by atoms with van der Waals surface area (Å²) in [6, 6.07) is 3.62. The van der Waals surface area contributed by atoms with Gasteiger partial charge in [-0.2, -0.15) is 0 Å². The van der Waals surface area contributed by atoms with Gasteiger partial charge in [0, 0.05) is 4.47 Å². The minimum absolute atomic E-state index is 0.111. The van der Waals surface area contributed by atoms with E-state index in [0.29, 0.717) is 21.2 Å². The van der Waals surface area contributed by atoms with Crippen LogP contribution in [0, 0.1) is 13.8 Å². The molecule has 0 fully saturated rings. The number of carbonyl (C=O) groups is 1. The van der Waals surface area contributed by atoms with Crippen molar-refractivity contribution in [2.24, 2.45) is 0 Å². The molecule has 0 aliphatic heterocycles. The fraction of sp³-hybridized carbons (Fsp3) is 0.214. The summed E-state index contributed by atoms with van der Waals surface area (Å²) < 4.78 is 6.17.